The van der Waals surface area contributed by atoms with E-state index >= 15 is 0 Å². The zero-order valence-corrected chi connectivity index (χ0v) is 11.8. The number of ether oxygens (including phenoxy) is 1. The molecular formula is C12H12ClN5O3. The van der Waals surface area contributed by atoms with Gasteiger partial charge in [0, 0.05) is 24.7 Å². The number of nitro benzene ring substituents is 1. The molecule has 0 amide bonds. The van der Waals surface area contributed by atoms with Gasteiger partial charge in [0.2, 0.25) is 11.8 Å². The van der Waals surface area contributed by atoms with Crippen LogP contribution in [-0.2, 0) is 0 Å². The summed E-state index contributed by atoms with van der Waals surface area (Å²) in [4.78, 5) is 18.0. The molecule has 2 rings (SSSR count). The molecule has 0 aliphatic carbocycles. The minimum absolute atomic E-state index is 0.0218. The lowest BCUT2D eigenvalue weighted by Crippen LogP contribution is -2.04. The van der Waals surface area contributed by atoms with Crippen LogP contribution in [0, 0.1) is 10.1 Å². The summed E-state index contributed by atoms with van der Waals surface area (Å²) in [5.41, 5.74) is 5.38. The quantitative estimate of drug-likeness (QED) is 0.644. The normalized spacial score (nSPS) is 10.2. The first kappa shape index (κ1) is 14.8. The Morgan fingerprint density at radius 3 is 2.81 bits per heavy atom. The summed E-state index contributed by atoms with van der Waals surface area (Å²) in [7, 11) is 0. The van der Waals surface area contributed by atoms with Gasteiger partial charge in [0.25, 0.3) is 5.69 Å². The molecule has 1 heterocycles. The van der Waals surface area contributed by atoms with Gasteiger partial charge in [-0.25, -0.2) is 0 Å². The molecule has 0 saturated carbocycles. The highest BCUT2D eigenvalue weighted by molar-refractivity contribution is 6.32. The van der Waals surface area contributed by atoms with Gasteiger partial charge in [-0.05, 0) is 13.0 Å². The van der Waals surface area contributed by atoms with Crippen molar-refractivity contribution in [1.29, 1.82) is 0 Å². The Kier molecular flexibility index (Phi) is 4.39. The number of hydrogen-bond acceptors (Lipinski definition) is 7. The van der Waals surface area contributed by atoms with E-state index in [4.69, 9.17) is 22.1 Å². The first-order chi connectivity index (χ1) is 9.99. The lowest BCUT2D eigenvalue weighted by molar-refractivity contribution is -0.384. The fourth-order valence-corrected chi connectivity index (χ4v) is 1.83. The zero-order valence-electron chi connectivity index (χ0n) is 11.0. The third-order valence-corrected chi connectivity index (χ3v) is 2.72. The second-order valence-corrected chi connectivity index (χ2v) is 4.36. The summed E-state index contributed by atoms with van der Waals surface area (Å²) in [6.45, 7) is 2.58. The highest BCUT2D eigenvalue weighted by atomic mass is 35.5. The highest BCUT2D eigenvalue weighted by Crippen LogP contribution is 2.30. The second kappa shape index (κ2) is 6.23. The summed E-state index contributed by atoms with van der Waals surface area (Å²) >= 11 is 5.81. The van der Waals surface area contributed by atoms with Gasteiger partial charge in [-0.2, -0.15) is 9.97 Å². The van der Waals surface area contributed by atoms with E-state index in [-0.39, 0.29) is 22.5 Å². The molecule has 3 N–H and O–H groups in total. The first-order valence-electron chi connectivity index (χ1n) is 6.00. The van der Waals surface area contributed by atoms with Crippen LogP contribution in [0.5, 0.6) is 11.6 Å². The van der Waals surface area contributed by atoms with E-state index in [0.29, 0.717) is 18.1 Å². The van der Waals surface area contributed by atoms with E-state index < -0.39 is 4.92 Å². The second-order valence-electron chi connectivity index (χ2n) is 3.95. The van der Waals surface area contributed by atoms with Crippen molar-refractivity contribution in [1.82, 2.24) is 9.97 Å². The van der Waals surface area contributed by atoms with Crippen LogP contribution in [0.15, 0.2) is 24.3 Å². The van der Waals surface area contributed by atoms with Crippen molar-refractivity contribution < 1.29 is 9.66 Å². The number of anilines is 2. The lowest BCUT2D eigenvalue weighted by atomic mass is 10.3. The molecule has 9 heteroatoms. The predicted molar refractivity (Wildman–Crippen MR) is 78.8 cm³/mol. The molecule has 0 bridgehead atoms. The molecule has 0 spiro atoms. The summed E-state index contributed by atoms with van der Waals surface area (Å²) in [6.07, 6.45) is 0. The molecule has 0 unspecified atom stereocenters. The summed E-state index contributed by atoms with van der Waals surface area (Å²) < 4.78 is 5.48. The van der Waals surface area contributed by atoms with Crippen molar-refractivity contribution in [2.24, 2.45) is 0 Å². The predicted octanol–water partition coefficient (Wildman–Crippen LogP) is 2.84. The Bertz CT molecular complexity index is 680. The van der Waals surface area contributed by atoms with Crippen LogP contribution in [0.4, 0.5) is 17.5 Å². The fourth-order valence-electron chi connectivity index (χ4n) is 1.59. The van der Waals surface area contributed by atoms with E-state index in [1.54, 1.807) is 6.07 Å². The summed E-state index contributed by atoms with van der Waals surface area (Å²) in [5, 5.41) is 13.6. The molecule has 0 aliphatic rings. The zero-order chi connectivity index (χ0) is 15.4. The van der Waals surface area contributed by atoms with Crippen molar-refractivity contribution in [2.45, 2.75) is 6.92 Å². The van der Waals surface area contributed by atoms with Gasteiger partial charge >= 0.3 is 0 Å². The Morgan fingerprint density at radius 1 is 1.43 bits per heavy atom. The number of nitrogen functional groups attached to an aromatic ring is 1. The number of halogens is 1. The molecule has 110 valence electrons. The monoisotopic (exact) mass is 309 g/mol. The Morgan fingerprint density at radius 2 is 2.19 bits per heavy atom. The van der Waals surface area contributed by atoms with Crippen LogP contribution in [0.3, 0.4) is 0 Å². The smallest absolute Gasteiger partial charge is 0.288 e. The van der Waals surface area contributed by atoms with Crippen molar-refractivity contribution in [3.8, 4) is 11.6 Å². The highest BCUT2D eigenvalue weighted by Gasteiger charge is 2.13. The molecule has 1 aromatic heterocycles. The third kappa shape index (κ3) is 3.69. The van der Waals surface area contributed by atoms with Gasteiger partial charge < -0.3 is 15.8 Å². The fraction of sp³-hybridized carbons (Fsp3) is 0.167. The summed E-state index contributed by atoms with van der Waals surface area (Å²) in [6, 6.07) is 5.59. The Labute approximate surface area is 125 Å². The molecule has 0 radical (unpaired) electrons. The van der Waals surface area contributed by atoms with Gasteiger partial charge in [0.05, 0.1) is 4.92 Å². The van der Waals surface area contributed by atoms with Crippen molar-refractivity contribution in [3.63, 3.8) is 0 Å². The molecule has 21 heavy (non-hydrogen) atoms. The number of nitrogens with zero attached hydrogens (tertiary/aromatic N) is 3. The van der Waals surface area contributed by atoms with Gasteiger partial charge in [-0.1, -0.05) is 11.6 Å². The van der Waals surface area contributed by atoms with Crippen LogP contribution in [-0.4, -0.2) is 21.4 Å². The van der Waals surface area contributed by atoms with Crippen LogP contribution in [0.25, 0.3) is 0 Å². The number of benzene rings is 1. The van der Waals surface area contributed by atoms with Crippen molar-refractivity contribution >= 4 is 29.1 Å². The van der Waals surface area contributed by atoms with Gasteiger partial charge in [-0.15, -0.1) is 0 Å². The topological polar surface area (TPSA) is 116 Å². The van der Waals surface area contributed by atoms with E-state index in [1.165, 1.54) is 18.2 Å². The molecule has 0 fully saturated rings. The van der Waals surface area contributed by atoms with Crippen LogP contribution in [0.2, 0.25) is 5.02 Å². The number of nitrogens with one attached hydrogen (secondary N) is 1. The van der Waals surface area contributed by atoms with E-state index in [9.17, 15) is 10.1 Å². The maximum absolute atomic E-state index is 10.7. The van der Waals surface area contributed by atoms with Gasteiger partial charge in [0.15, 0.2) is 0 Å². The van der Waals surface area contributed by atoms with Crippen molar-refractivity contribution in [2.75, 3.05) is 17.6 Å². The van der Waals surface area contributed by atoms with Crippen LogP contribution in [0.1, 0.15) is 6.92 Å². The number of hydrogen-bond donors (Lipinski definition) is 2. The lowest BCUT2D eigenvalue weighted by Gasteiger charge is -2.08. The molecule has 1 aromatic carbocycles. The maximum atomic E-state index is 10.7. The molecule has 0 aliphatic heterocycles. The molecular weight excluding hydrogens is 298 g/mol. The molecule has 2 aromatic rings. The number of aromatic nitrogens is 2. The largest absolute Gasteiger partial charge is 0.439 e. The van der Waals surface area contributed by atoms with Gasteiger partial charge in [-0.3, -0.25) is 10.1 Å². The van der Waals surface area contributed by atoms with Gasteiger partial charge in [0.1, 0.15) is 16.6 Å². The number of rotatable bonds is 5. The maximum Gasteiger partial charge on any atom is 0.288 e. The standard InChI is InChI=1S/C12H12ClN5O3/c1-2-15-10-6-11(17-12(14)16-10)21-7-3-4-9(18(19)20)8(13)5-7/h3-6H,2H2,1H3,(H3,14,15,16,17). The van der Waals surface area contributed by atoms with E-state index in [0.717, 1.165) is 0 Å². The minimum Gasteiger partial charge on any atom is -0.439 e. The van der Waals surface area contributed by atoms with Crippen LogP contribution >= 0.6 is 11.6 Å². The number of nitrogens with two attached hydrogens (primary N) is 1. The average Bonchev–Trinajstić information content (AvgIpc) is 2.37. The molecule has 8 nitrogen and oxygen atoms in total. The average molecular weight is 310 g/mol. The van der Waals surface area contributed by atoms with Crippen LogP contribution < -0.4 is 15.8 Å². The SMILES string of the molecule is CCNc1cc(Oc2ccc([N+](=O)[O-])c(Cl)c2)nc(N)n1. The van der Waals surface area contributed by atoms with E-state index in [1.807, 2.05) is 6.92 Å². The van der Waals surface area contributed by atoms with E-state index in [2.05, 4.69) is 15.3 Å². The molecule has 0 saturated heterocycles. The number of nitro groups is 1. The minimum atomic E-state index is -0.571. The molecule has 0 atom stereocenters. The first-order valence-corrected chi connectivity index (χ1v) is 6.37. The summed E-state index contributed by atoms with van der Waals surface area (Å²) in [5.74, 6) is 1.10. The van der Waals surface area contributed by atoms with Crippen molar-refractivity contribution in [3.05, 3.63) is 39.4 Å². The Hall–Kier alpha value is -2.61. The Balaban J connectivity index is 2.25. The third-order valence-electron chi connectivity index (χ3n) is 2.42.